The van der Waals surface area contributed by atoms with Crippen molar-refractivity contribution in [1.82, 2.24) is 19.6 Å². The van der Waals surface area contributed by atoms with Crippen LogP contribution in [0, 0.1) is 0 Å². The highest BCUT2D eigenvalue weighted by molar-refractivity contribution is 5.33. The molecule has 0 spiro atoms. The second-order valence-electron chi connectivity index (χ2n) is 4.48. The molecule has 2 heterocycles. The largest absolute Gasteiger partial charge is 0.320 e. The van der Waals surface area contributed by atoms with Crippen LogP contribution in [0.4, 0.5) is 0 Å². The standard InChI is InChI=1S/C14H15N5/c1-18-9-11(7-16-18)14(15)12-8-17-19(10-12)13-5-3-2-4-6-13/h2-10,14H,15H2,1H3. The summed E-state index contributed by atoms with van der Waals surface area (Å²) in [7, 11) is 1.88. The van der Waals surface area contributed by atoms with Gasteiger partial charge in [0.25, 0.3) is 0 Å². The molecule has 0 aliphatic rings. The molecule has 3 aromatic rings. The van der Waals surface area contributed by atoms with E-state index in [1.165, 1.54) is 0 Å². The first-order valence-corrected chi connectivity index (χ1v) is 6.08. The van der Waals surface area contributed by atoms with Crippen LogP contribution in [0.5, 0.6) is 0 Å². The molecule has 5 heteroatoms. The zero-order valence-electron chi connectivity index (χ0n) is 10.6. The Morgan fingerprint density at radius 3 is 2.37 bits per heavy atom. The van der Waals surface area contributed by atoms with Gasteiger partial charge in [-0.1, -0.05) is 18.2 Å². The Labute approximate surface area is 111 Å². The molecule has 96 valence electrons. The molecular formula is C14H15N5. The lowest BCUT2D eigenvalue weighted by atomic mass is 10.1. The van der Waals surface area contributed by atoms with Crippen molar-refractivity contribution in [3.63, 3.8) is 0 Å². The maximum Gasteiger partial charge on any atom is 0.0645 e. The first-order valence-electron chi connectivity index (χ1n) is 6.08. The fraction of sp³-hybridized carbons (Fsp3) is 0.143. The van der Waals surface area contributed by atoms with Crippen molar-refractivity contribution in [3.05, 3.63) is 66.2 Å². The minimum Gasteiger partial charge on any atom is -0.320 e. The van der Waals surface area contributed by atoms with Gasteiger partial charge in [0.05, 0.1) is 24.1 Å². The van der Waals surface area contributed by atoms with Crippen LogP contribution in [-0.2, 0) is 7.05 Å². The minimum atomic E-state index is -0.203. The predicted molar refractivity (Wildman–Crippen MR) is 72.8 cm³/mol. The molecule has 1 aromatic carbocycles. The molecule has 0 radical (unpaired) electrons. The maximum atomic E-state index is 6.21. The average Bonchev–Trinajstić information content (AvgIpc) is 3.08. The van der Waals surface area contributed by atoms with Crippen LogP contribution >= 0.6 is 0 Å². The van der Waals surface area contributed by atoms with E-state index in [9.17, 15) is 0 Å². The molecule has 1 atom stereocenters. The van der Waals surface area contributed by atoms with Gasteiger partial charge in [-0.25, -0.2) is 4.68 Å². The Bertz CT molecular complexity index is 668. The van der Waals surface area contributed by atoms with E-state index in [2.05, 4.69) is 10.2 Å². The summed E-state index contributed by atoms with van der Waals surface area (Å²) in [5.74, 6) is 0. The molecule has 2 aromatic heterocycles. The molecule has 0 amide bonds. The number of nitrogens with two attached hydrogens (primary N) is 1. The van der Waals surface area contributed by atoms with Crippen molar-refractivity contribution in [2.24, 2.45) is 12.8 Å². The van der Waals surface area contributed by atoms with Crippen molar-refractivity contribution in [1.29, 1.82) is 0 Å². The fourth-order valence-electron chi connectivity index (χ4n) is 2.01. The predicted octanol–water partition coefficient (Wildman–Crippen LogP) is 1.65. The Kier molecular flexibility index (Phi) is 2.89. The van der Waals surface area contributed by atoms with E-state index in [1.807, 2.05) is 54.5 Å². The van der Waals surface area contributed by atoms with Crippen LogP contribution in [0.3, 0.4) is 0 Å². The molecule has 2 N–H and O–H groups in total. The van der Waals surface area contributed by atoms with Gasteiger partial charge in [-0.3, -0.25) is 4.68 Å². The zero-order chi connectivity index (χ0) is 13.2. The molecule has 0 aliphatic carbocycles. The first kappa shape index (κ1) is 11.7. The SMILES string of the molecule is Cn1cc(C(N)c2cnn(-c3ccccc3)c2)cn1. The summed E-state index contributed by atoms with van der Waals surface area (Å²) >= 11 is 0. The lowest BCUT2D eigenvalue weighted by Gasteiger charge is -2.05. The molecule has 0 bridgehead atoms. The summed E-state index contributed by atoms with van der Waals surface area (Å²) < 4.78 is 3.57. The summed E-state index contributed by atoms with van der Waals surface area (Å²) in [6.45, 7) is 0. The Morgan fingerprint density at radius 1 is 1.00 bits per heavy atom. The van der Waals surface area contributed by atoms with Gasteiger partial charge in [0, 0.05) is 30.6 Å². The molecule has 0 saturated carbocycles. The number of benzene rings is 1. The Morgan fingerprint density at radius 2 is 1.68 bits per heavy atom. The van der Waals surface area contributed by atoms with E-state index in [0.717, 1.165) is 16.8 Å². The number of rotatable bonds is 3. The maximum absolute atomic E-state index is 6.21. The monoisotopic (exact) mass is 253 g/mol. The van der Waals surface area contributed by atoms with Crippen LogP contribution in [0.1, 0.15) is 17.2 Å². The lowest BCUT2D eigenvalue weighted by molar-refractivity contribution is 0.765. The summed E-state index contributed by atoms with van der Waals surface area (Å²) in [6, 6.07) is 9.76. The minimum absolute atomic E-state index is 0.203. The highest BCUT2D eigenvalue weighted by Gasteiger charge is 2.13. The molecule has 3 rings (SSSR count). The number of aromatic nitrogens is 4. The van der Waals surface area contributed by atoms with Crippen LogP contribution in [0.25, 0.3) is 5.69 Å². The summed E-state index contributed by atoms with van der Waals surface area (Å²) in [4.78, 5) is 0. The van der Waals surface area contributed by atoms with Gasteiger partial charge in [0.15, 0.2) is 0 Å². The van der Waals surface area contributed by atoms with E-state index in [1.54, 1.807) is 17.1 Å². The van der Waals surface area contributed by atoms with E-state index in [4.69, 9.17) is 5.73 Å². The average molecular weight is 253 g/mol. The number of aryl methyl sites for hydroxylation is 1. The molecule has 19 heavy (non-hydrogen) atoms. The Balaban J connectivity index is 1.89. The van der Waals surface area contributed by atoms with Crippen molar-refractivity contribution in [2.45, 2.75) is 6.04 Å². The third-order valence-corrected chi connectivity index (χ3v) is 3.07. The summed E-state index contributed by atoms with van der Waals surface area (Å²) in [6.07, 6.45) is 7.45. The van der Waals surface area contributed by atoms with E-state index < -0.39 is 0 Å². The second-order valence-corrected chi connectivity index (χ2v) is 4.48. The van der Waals surface area contributed by atoms with Crippen LogP contribution in [0.15, 0.2) is 55.1 Å². The molecule has 0 fully saturated rings. The highest BCUT2D eigenvalue weighted by atomic mass is 15.3. The van der Waals surface area contributed by atoms with Gasteiger partial charge >= 0.3 is 0 Å². The van der Waals surface area contributed by atoms with Crippen molar-refractivity contribution < 1.29 is 0 Å². The summed E-state index contributed by atoms with van der Waals surface area (Å²) in [5.41, 5.74) is 9.19. The first-order chi connectivity index (χ1) is 9.24. The number of nitrogens with zero attached hydrogens (tertiary/aromatic N) is 4. The molecular weight excluding hydrogens is 238 g/mol. The van der Waals surface area contributed by atoms with E-state index >= 15 is 0 Å². The highest BCUT2D eigenvalue weighted by Crippen LogP contribution is 2.19. The van der Waals surface area contributed by atoms with Crippen LogP contribution in [0.2, 0.25) is 0 Å². The second kappa shape index (κ2) is 4.70. The van der Waals surface area contributed by atoms with Crippen molar-refractivity contribution >= 4 is 0 Å². The van der Waals surface area contributed by atoms with Gasteiger partial charge in [0.2, 0.25) is 0 Å². The molecule has 1 unspecified atom stereocenters. The fourth-order valence-corrected chi connectivity index (χ4v) is 2.01. The van der Waals surface area contributed by atoms with Crippen molar-refractivity contribution in [2.75, 3.05) is 0 Å². The topological polar surface area (TPSA) is 61.7 Å². The third kappa shape index (κ3) is 2.28. The van der Waals surface area contributed by atoms with E-state index in [0.29, 0.717) is 0 Å². The quantitative estimate of drug-likeness (QED) is 0.772. The normalized spacial score (nSPS) is 12.5. The zero-order valence-corrected chi connectivity index (χ0v) is 10.6. The van der Waals surface area contributed by atoms with Gasteiger partial charge in [-0.2, -0.15) is 10.2 Å². The Hall–Kier alpha value is -2.40. The van der Waals surface area contributed by atoms with E-state index in [-0.39, 0.29) is 6.04 Å². The molecule has 5 nitrogen and oxygen atoms in total. The molecule has 0 saturated heterocycles. The van der Waals surface area contributed by atoms with Crippen molar-refractivity contribution in [3.8, 4) is 5.69 Å². The van der Waals surface area contributed by atoms with Gasteiger partial charge < -0.3 is 5.73 Å². The smallest absolute Gasteiger partial charge is 0.0645 e. The van der Waals surface area contributed by atoms with Gasteiger partial charge in [0.1, 0.15) is 0 Å². The summed E-state index contributed by atoms with van der Waals surface area (Å²) in [5, 5.41) is 8.49. The molecule has 0 aliphatic heterocycles. The number of hydrogen-bond donors (Lipinski definition) is 1. The van der Waals surface area contributed by atoms with Crippen LogP contribution in [-0.4, -0.2) is 19.6 Å². The third-order valence-electron chi connectivity index (χ3n) is 3.07. The number of hydrogen-bond acceptors (Lipinski definition) is 3. The van der Waals surface area contributed by atoms with Gasteiger partial charge in [-0.05, 0) is 12.1 Å². The lowest BCUT2D eigenvalue weighted by Crippen LogP contribution is -2.10. The number of para-hydroxylation sites is 1. The van der Waals surface area contributed by atoms with Crippen LogP contribution < -0.4 is 5.73 Å². The van der Waals surface area contributed by atoms with Gasteiger partial charge in [-0.15, -0.1) is 0 Å².